The van der Waals surface area contributed by atoms with Crippen LogP contribution in [0.3, 0.4) is 0 Å². The fraction of sp³-hybridized carbons (Fsp3) is 0.304. The molecule has 2 amide bonds. The Balaban J connectivity index is 1.63. The van der Waals surface area contributed by atoms with Crippen LogP contribution in [0.2, 0.25) is 0 Å². The van der Waals surface area contributed by atoms with Gasteiger partial charge in [0.15, 0.2) is 0 Å². The highest BCUT2D eigenvalue weighted by atomic mass is 19.1. The standard InChI is InChI=1S/C23H22F2N4O2/c1-13-19(21(30)28(26-13)17-9-5-15(24)6-10-17)23(3,4)20-14(2)27-29(22(20)31)18-11-7-16(25)8-12-18/h5-12,19-20H,1-4H3. The highest BCUT2D eigenvalue weighted by Gasteiger charge is 2.54. The number of carbonyl (C=O) groups is 2. The van der Waals surface area contributed by atoms with Crippen LogP contribution < -0.4 is 10.0 Å². The lowest BCUT2D eigenvalue weighted by molar-refractivity contribution is -0.126. The summed E-state index contributed by atoms with van der Waals surface area (Å²) in [4.78, 5) is 26.6. The first-order valence-corrected chi connectivity index (χ1v) is 9.90. The zero-order chi connectivity index (χ0) is 22.5. The van der Waals surface area contributed by atoms with Crippen LogP contribution in [0.15, 0.2) is 58.7 Å². The molecule has 4 rings (SSSR count). The van der Waals surface area contributed by atoms with E-state index in [0.717, 1.165) is 0 Å². The van der Waals surface area contributed by atoms with Crippen LogP contribution in [-0.2, 0) is 9.59 Å². The zero-order valence-corrected chi connectivity index (χ0v) is 17.6. The molecule has 8 heteroatoms. The number of carbonyl (C=O) groups excluding carboxylic acids is 2. The Morgan fingerprint density at radius 3 is 1.35 bits per heavy atom. The highest BCUT2D eigenvalue weighted by Crippen LogP contribution is 2.44. The second-order valence-electron chi connectivity index (χ2n) is 8.42. The van der Waals surface area contributed by atoms with Gasteiger partial charge in [0.05, 0.1) is 23.2 Å². The molecule has 0 spiro atoms. The van der Waals surface area contributed by atoms with Crippen molar-refractivity contribution >= 4 is 34.6 Å². The van der Waals surface area contributed by atoms with Crippen LogP contribution in [0.5, 0.6) is 0 Å². The molecule has 0 aromatic heterocycles. The molecule has 2 aromatic rings. The molecule has 160 valence electrons. The van der Waals surface area contributed by atoms with Crippen molar-refractivity contribution in [3.63, 3.8) is 0 Å². The first kappa shape index (κ1) is 20.8. The third-order valence-electron chi connectivity index (χ3n) is 5.89. The minimum atomic E-state index is -0.834. The van der Waals surface area contributed by atoms with Crippen molar-refractivity contribution in [3.05, 3.63) is 60.2 Å². The van der Waals surface area contributed by atoms with Crippen LogP contribution >= 0.6 is 0 Å². The van der Waals surface area contributed by atoms with Gasteiger partial charge in [-0.1, -0.05) is 13.8 Å². The molecule has 0 saturated carbocycles. The van der Waals surface area contributed by atoms with E-state index < -0.39 is 28.9 Å². The fourth-order valence-corrected chi connectivity index (χ4v) is 4.55. The summed E-state index contributed by atoms with van der Waals surface area (Å²) in [5.74, 6) is -2.70. The van der Waals surface area contributed by atoms with Gasteiger partial charge in [-0.05, 0) is 67.8 Å². The van der Waals surface area contributed by atoms with Crippen molar-refractivity contribution in [2.75, 3.05) is 10.0 Å². The number of amides is 2. The number of hydrogen-bond donors (Lipinski definition) is 0. The molecule has 2 atom stereocenters. The van der Waals surface area contributed by atoms with E-state index in [-0.39, 0.29) is 11.8 Å². The quantitative estimate of drug-likeness (QED) is 0.732. The lowest BCUT2D eigenvalue weighted by Crippen LogP contribution is -2.47. The van der Waals surface area contributed by atoms with Crippen molar-refractivity contribution in [2.24, 2.45) is 27.5 Å². The molecular weight excluding hydrogens is 402 g/mol. The number of hydrogen-bond acceptors (Lipinski definition) is 4. The Morgan fingerprint density at radius 1 is 0.710 bits per heavy atom. The van der Waals surface area contributed by atoms with Gasteiger partial charge >= 0.3 is 0 Å². The number of rotatable bonds is 4. The molecule has 0 bridgehead atoms. The van der Waals surface area contributed by atoms with Crippen LogP contribution in [-0.4, -0.2) is 23.2 Å². The van der Waals surface area contributed by atoms with Gasteiger partial charge in [0.2, 0.25) is 0 Å². The summed E-state index contributed by atoms with van der Waals surface area (Å²) in [5, 5.41) is 11.3. The first-order chi connectivity index (χ1) is 14.6. The SMILES string of the molecule is CC1=NN(c2ccc(F)cc2)C(=O)C1C(C)(C)C1C(=O)N(c2ccc(F)cc2)N=C1C. The normalized spacial score (nSPS) is 21.6. The number of nitrogens with zero attached hydrogens (tertiary/aromatic N) is 4. The Kier molecular flexibility index (Phi) is 4.95. The third-order valence-corrected chi connectivity index (χ3v) is 5.89. The molecule has 0 radical (unpaired) electrons. The second kappa shape index (κ2) is 7.37. The maximum atomic E-state index is 13.3. The average molecular weight is 424 g/mol. The molecule has 2 heterocycles. The van der Waals surface area contributed by atoms with E-state index in [1.165, 1.54) is 58.5 Å². The Bertz CT molecular complexity index is 1020. The van der Waals surface area contributed by atoms with Crippen molar-refractivity contribution in [3.8, 4) is 0 Å². The molecule has 0 aliphatic carbocycles. The Morgan fingerprint density at radius 2 is 1.03 bits per heavy atom. The van der Waals surface area contributed by atoms with Gasteiger partial charge in [-0.25, -0.2) is 18.8 Å². The summed E-state index contributed by atoms with van der Waals surface area (Å²) in [6, 6.07) is 11.0. The molecule has 2 aliphatic heterocycles. The van der Waals surface area contributed by atoms with E-state index >= 15 is 0 Å². The van der Waals surface area contributed by atoms with Crippen molar-refractivity contribution in [1.29, 1.82) is 0 Å². The number of hydrazone groups is 2. The summed E-state index contributed by atoms with van der Waals surface area (Å²) in [7, 11) is 0. The van der Waals surface area contributed by atoms with Crippen LogP contribution in [0, 0.1) is 28.9 Å². The lowest BCUT2D eigenvalue weighted by Gasteiger charge is -2.35. The van der Waals surface area contributed by atoms with Crippen LogP contribution in [0.4, 0.5) is 20.2 Å². The molecule has 6 nitrogen and oxygen atoms in total. The summed E-state index contributed by atoms with van der Waals surface area (Å²) >= 11 is 0. The van der Waals surface area contributed by atoms with Gasteiger partial charge in [-0.15, -0.1) is 0 Å². The second-order valence-corrected chi connectivity index (χ2v) is 8.42. The Hall–Kier alpha value is -3.42. The van der Waals surface area contributed by atoms with Crippen molar-refractivity contribution in [1.82, 2.24) is 0 Å². The molecule has 0 saturated heterocycles. The fourth-order valence-electron chi connectivity index (χ4n) is 4.55. The van der Waals surface area contributed by atoms with Crippen molar-refractivity contribution < 1.29 is 18.4 Å². The minimum absolute atomic E-state index is 0.282. The highest BCUT2D eigenvalue weighted by molar-refractivity contribution is 6.19. The number of benzene rings is 2. The lowest BCUT2D eigenvalue weighted by atomic mass is 9.66. The predicted octanol–water partition coefficient (Wildman–Crippen LogP) is 4.37. The molecule has 2 aromatic carbocycles. The van der Waals surface area contributed by atoms with Gasteiger partial charge < -0.3 is 0 Å². The molecule has 2 unspecified atom stereocenters. The van der Waals surface area contributed by atoms with Gasteiger partial charge in [0.1, 0.15) is 11.6 Å². The molecule has 2 aliphatic rings. The van der Waals surface area contributed by atoms with Crippen molar-refractivity contribution in [2.45, 2.75) is 27.7 Å². The van der Waals surface area contributed by atoms with Crippen LogP contribution in [0.25, 0.3) is 0 Å². The topological polar surface area (TPSA) is 65.3 Å². The minimum Gasteiger partial charge on any atom is -0.272 e. The molecule has 31 heavy (non-hydrogen) atoms. The summed E-state index contributed by atoms with van der Waals surface area (Å²) in [6.45, 7) is 7.19. The number of halogens is 2. The molecular formula is C23H22F2N4O2. The van der Waals surface area contributed by atoms with Gasteiger partial charge in [0, 0.05) is 11.4 Å². The van der Waals surface area contributed by atoms with E-state index in [0.29, 0.717) is 22.8 Å². The zero-order valence-electron chi connectivity index (χ0n) is 17.6. The van der Waals surface area contributed by atoms with E-state index in [1.54, 1.807) is 13.8 Å². The summed E-state index contributed by atoms with van der Waals surface area (Å²) < 4.78 is 26.6. The molecule has 0 N–H and O–H groups in total. The van der Waals surface area contributed by atoms with Gasteiger partial charge in [-0.3, -0.25) is 9.59 Å². The molecule has 0 fully saturated rings. The van der Waals surface area contributed by atoms with E-state index in [2.05, 4.69) is 10.2 Å². The number of anilines is 2. The van der Waals surface area contributed by atoms with Crippen LogP contribution in [0.1, 0.15) is 27.7 Å². The maximum Gasteiger partial charge on any atom is 0.256 e. The van der Waals surface area contributed by atoms with E-state index in [1.807, 2.05) is 13.8 Å². The Labute approximate surface area is 178 Å². The predicted molar refractivity (Wildman–Crippen MR) is 115 cm³/mol. The van der Waals surface area contributed by atoms with Gasteiger partial charge in [-0.2, -0.15) is 10.2 Å². The van der Waals surface area contributed by atoms with E-state index in [9.17, 15) is 18.4 Å². The summed E-state index contributed by atoms with van der Waals surface area (Å²) in [5.41, 5.74) is 1.22. The monoisotopic (exact) mass is 424 g/mol. The smallest absolute Gasteiger partial charge is 0.256 e. The first-order valence-electron chi connectivity index (χ1n) is 9.90. The average Bonchev–Trinajstić information content (AvgIpc) is 3.18. The van der Waals surface area contributed by atoms with E-state index in [4.69, 9.17) is 0 Å². The largest absolute Gasteiger partial charge is 0.272 e. The maximum absolute atomic E-state index is 13.3. The summed E-state index contributed by atoms with van der Waals surface area (Å²) in [6.07, 6.45) is 0. The van der Waals surface area contributed by atoms with Gasteiger partial charge in [0.25, 0.3) is 11.8 Å². The third kappa shape index (κ3) is 3.41.